The van der Waals surface area contributed by atoms with Crippen molar-refractivity contribution in [2.75, 3.05) is 6.26 Å². The highest BCUT2D eigenvalue weighted by Crippen LogP contribution is 2.35. The molecule has 0 saturated heterocycles. The fraction of sp³-hybridized carbons (Fsp3) is 0.364. The van der Waals surface area contributed by atoms with Crippen molar-refractivity contribution in [1.29, 1.82) is 0 Å². The molecular weight excluding hydrogens is 370 g/mol. The van der Waals surface area contributed by atoms with Crippen molar-refractivity contribution in [3.05, 3.63) is 66.0 Å². The minimum absolute atomic E-state index is 0.103. The van der Waals surface area contributed by atoms with Crippen molar-refractivity contribution in [2.45, 2.75) is 49.3 Å². The number of benzene rings is 2. The summed E-state index contributed by atoms with van der Waals surface area (Å²) in [5, 5.41) is 6.24. The minimum Gasteiger partial charge on any atom is -0.307 e. The van der Waals surface area contributed by atoms with Crippen LogP contribution in [0.15, 0.2) is 60.0 Å². The van der Waals surface area contributed by atoms with E-state index in [0.717, 1.165) is 31.1 Å². The van der Waals surface area contributed by atoms with Crippen molar-refractivity contribution in [3.63, 3.8) is 0 Å². The summed E-state index contributed by atoms with van der Waals surface area (Å²) in [6, 6.07) is 15.6. The Kier molecular flexibility index (Phi) is 5.17. The predicted octanol–water partition coefficient (Wildman–Crippen LogP) is 4.02. The van der Waals surface area contributed by atoms with Gasteiger partial charge in [-0.05, 0) is 54.0 Å². The van der Waals surface area contributed by atoms with Gasteiger partial charge in [0.05, 0.1) is 0 Å². The van der Waals surface area contributed by atoms with Crippen molar-refractivity contribution in [3.8, 4) is 0 Å². The fourth-order valence-electron chi connectivity index (χ4n) is 4.24. The molecule has 0 bridgehead atoms. The lowest BCUT2D eigenvalue weighted by Gasteiger charge is -2.21. The van der Waals surface area contributed by atoms with Crippen LogP contribution in [0.5, 0.6) is 0 Å². The van der Waals surface area contributed by atoms with Crippen LogP contribution in [0.4, 0.5) is 0 Å². The van der Waals surface area contributed by atoms with Gasteiger partial charge in [0.1, 0.15) is 0 Å². The van der Waals surface area contributed by atoms with Gasteiger partial charge in [-0.15, -0.1) is 0 Å². The molecule has 1 aliphatic rings. The summed E-state index contributed by atoms with van der Waals surface area (Å²) in [6.07, 6.45) is 7.63. The molecule has 1 heterocycles. The zero-order valence-corrected chi connectivity index (χ0v) is 17.0. The SMILES string of the molecule is CC(NC1CCC(c2cnc(S(C)(=O)=O)nc2)C1)c1cccc2ccccc12. The number of nitrogens with one attached hydrogen (secondary N) is 1. The third-order valence-corrected chi connectivity index (χ3v) is 6.53. The molecule has 1 saturated carbocycles. The average Bonchev–Trinajstić information content (AvgIpc) is 3.15. The first kappa shape index (κ1) is 19.0. The number of rotatable bonds is 5. The summed E-state index contributed by atoms with van der Waals surface area (Å²) in [5.74, 6) is 0.367. The Hall–Kier alpha value is -2.31. The summed E-state index contributed by atoms with van der Waals surface area (Å²) in [4.78, 5) is 8.09. The van der Waals surface area contributed by atoms with Gasteiger partial charge in [-0.3, -0.25) is 0 Å². The molecule has 4 rings (SSSR count). The maximum absolute atomic E-state index is 11.5. The van der Waals surface area contributed by atoms with Gasteiger partial charge in [0.2, 0.25) is 15.0 Å². The Morgan fingerprint density at radius 3 is 2.50 bits per heavy atom. The second-order valence-electron chi connectivity index (χ2n) is 7.73. The van der Waals surface area contributed by atoms with E-state index in [0.29, 0.717) is 12.0 Å². The van der Waals surface area contributed by atoms with E-state index < -0.39 is 9.84 Å². The molecule has 6 heteroatoms. The third-order valence-electron chi connectivity index (χ3n) is 5.66. The van der Waals surface area contributed by atoms with Crippen LogP contribution in [0, 0.1) is 0 Å². The third kappa shape index (κ3) is 3.93. The van der Waals surface area contributed by atoms with Gasteiger partial charge in [0.25, 0.3) is 0 Å². The van der Waals surface area contributed by atoms with E-state index in [-0.39, 0.29) is 11.2 Å². The van der Waals surface area contributed by atoms with Gasteiger partial charge in [0, 0.05) is 30.7 Å². The molecule has 3 atom stereocenters. The van der Waals surface area contributed by atoms with E-state index >= 15 is 0 Å². The first-order chi connectivity index (χ1) is 13.4. The molecule has 0 spiro atoms. The molecule has 3 aromatic rings. The molecule has 0 aliphatic heterocycles. The molecule has 1 aliphatic carbocycles. The van der Waals surface area contributed by atoms with Crippen molar-refractivity contribution in [1.82, 2.24) is 15.3 Å². The Labute approximate surface area is 166 Å². The summed E-state index contributed by atoms with van der Waals surface area (Å²) >= 11 is 0. The number of hydrogen-bond donors (Lipinski definition) is 1. The fourth-order valence-corrected chi connectivity index (χ4v) is 4.72. The van der Waals surface area contributed by atoms with Gasteiger partial charge >= 0.3 is 0 Å². The molecule has 1 N–H and O–H groups in total. The zero-order valence-electron chi connectivity index (χ0n) is 16.2. The van der Waals surface area contributed by atoms with Crippen LogP contribution in [0.3, 0.4) is 0 Å². The van der Waals surface area contributed by atoms with Crippen LogP contribution in [0.2, 0.25) is 0 Å². The van der Waals surface area contributed by atoms with Crippen molar-refractivity contribution < 1.29 is 8.42 Å². The topological polar surface area (TPSA) is 72.0 Å². The Balaban J connectivity index is 1.44. The van der Waals surface area contributed by atoms with E-state index in [4.69, 9.17) is 0 Å². The van der Waals surface area contributed by atoms with Gasteiger partial charge in [0.15, 0.2) is 0 Å². The lowest BCUT2D eigenvalue weighted by molar-refractivity contribution is 0.458. The summed E-state index contributed by atoms with van der Waals surface area (Å²) < 4.78 is 23.1. The summed E-state index contributed by atoms with van der Waals surface area (Å²) in [7, 11) is -3.35. The molecule has 2 aromatic carbocycles. The molecular formula is C22H25N3O2S. The number of fused-ring (bicyclic) bond motifs is 1. The second kappa shape index (κ2) is 7.60. The number of sulfone groups is 1. The first-order valence-corrected chi connectivity index (χ1v) is 11.6. The second-order valence-corrected chi connectivity index (χ2v) is 9.64. The Bertz CT molecular complexity index is 1080. The first-order valence-electron chi connectivity index (χ1n) is 9.67. The van der Waals surface area contributed by atoms with E-state index in [9.17, 15) is 8.42 Å². The Morgan fingerprint density at radius 1 is 1.04 bits per heavy atom. The molecule has 3 unspecified atom stereocenters. The quantitative estimate of drug-likeness (QED) is 0.661. The lowest BCUT2D eigenvalue weighted by atomic mass is 9.98. The molecule has 5 nitrogen and oxygen atoms in total. The average molecular weight is 396 g/mol. The minimum atomic E-state index is -3.35. The zero-order chi connectivity index (χ0) is 19.7. The van der Waals surface area contributed by atoms with Gasteiger partial charge in [-0.1, -0.05) is 42.5 Å². The molecule has 28 heavy (non-hydrogen) atoms. The van der Waals surface area contributed by atoms with Crippen LogP contribution < -0.4 is 5.32 Å². The predicted molar refractivity (Wildman–Crippen MR) is 111 cm³/mol. The van der Waals surface area contributed by atoms with Crippen LogP contribution in [0.25, 0.3) is 10.8 Å². The van der Waals surface area contributed by atoms with E-state index in [1.807, 2.05) is 0 Å². The largest absolute Gasteiger partial charge is 0.307 e. The van der Waals surface area contributed by atoms with Gasteiger partial charge in [-0.2, -0.15) is 0 Å². The number of nitrogens with zero attached hydrogens (tertiary/aromatic N) is 2. The van der Waals surface area contributed by atoms with E-state index in [1.165, 1.54) is 16.3 Å². The maximum atomic E-state index is 11.5. The van der Waals surface area contributed by atoms with Crippen LogP contribution >= 0.6 is 0 Å². The molecule has 0 radical (unpaired) electrons. The van der Waals surface area contributed by atoms with E-state index in [1.54, 1.807) is 12.4 Å². The Morgan fingerprint density at radius 2 is 1.75 bits per heavy atom. The van der Waals surface area contributed by atoms with Crippen molar-refractivity contribution >= 4 is 20.6 Å². The number of aromatic nitrogens is 2. The van der Waals surface area contributed by atoms with E-state index in [2.05, 4.69) is 64.7 Å². The maximum Gasteiger partial charge on any atom is 0.246 e. The monoisotopic (exact) mass is 395 g/mol. The lowest BCUT2D eigenvalue weighted by Crippen LogP contribution is -2.29. The van der Waals surface area contributed by atoms with Crippen LogP contribution in [-0.2, 0) is 9.84 Å². The van der Waals surface area contributed by atoms with Crippen LogP contribution in [0.1, 0.15) is 49.3 Å². The highest BCUT2D eigenvalue weighted by Gasteiger charge is 2.28. The standard InChI is InChI=1S/C22H25N3O2S/c1-15(20-9-5-7-16-6-3-4-8-21(16)20)25-19-11-10-17(12-19)18-13-23-22(24-14-18)28(2,26)27/h3-9,13-15,17,19,25H,10-12H2,1-2H3. The highest BCUT2D eigenvalue weighted by atomic mass is 32.2. The van der Waals surface area contributed by atoms with Gasteiger partial charge < -0.3 is 5.32 Å². The number of hydrogen-bond acceptors (Lipinski definition) is 5. The molecule has 146 valence electrons. The normalized spacial score (nSPS) is 21.1. The molecule has 1 fully saturated rings. The summed E-state index contributed by atoms with van der Waals surface area (Å²) in [5.41, 5.74) is 2.34. The van der Waals surface area contributed by atoms with Crippen LogP contribution in [-0.4, -0.2) is 30.7 Å². The molecule has 0 amide bonds. The highest BCUT2D eigenvalue weighted by molar-refractivity contribution is 7.90. The van der Waals surface area contributed by atoms with Crippen molar-refractivity contribution in [2.24, 2.45) is 0 Å². The van der Waals surface area contributed by atoms with Gasteiger partial charge in [-0.25, -0.2) is 18.4 Å². The smallest absolute Gasteiger partial charge is 0.246 e. The summed E-state index contributed by atoms with van der Waals surface area (Å²) in [6.45, 7) is 2.22. The molecule has 1 aromatic heterocycles.